The van der Waals surface area contributed by atoms with Crippen molar-refractivity contribution in [3.8, 4) is 0 Å². The Morgan fingerprint density at radius 3 is 2.69 bits per heavy atom. The number of hydrogen-bond acceptors (Lipinski definition) is 3. The van der Waals surface area contributed by atoms with Gasteiger partial charge in [0, 0.05) is 16.5 Å². The van der Waals surface area contributed by atoms with Crippen LogP contribution in [0.1, 0.15) is 25.8 Å². The third-order valence-corrected chi connectivity index (χ3v) is 3.85. The number of hydrogen-bond donors (Lipinski definition) is 2. The topological polar surface area (TPSA) is 40.5 Å². The predicted molar refractivity (Wildman–Crippen MR) is 67.3 cm³/mol. The fourth-order valence-electron chi connectivity index (χ4n) is 1.24. The quantitative estimate of drug-likeness (QED) is 0.769. The highest BCUT2D eigenvalue weighted by atomic mass is 32.2. The Bertz CT molecular complexity index is 347. The molecule has 5 heteroatoms. The molecule has 0 fully saturated rings. The first-order valence-corrected chi connectivity index (χ1v) is 6.35. The van der Waals surface area contributed by atoms with E-state index in [-0.39, 0.29) is 5.46 Å². The molecule has 1 unspecified atom stereocenters. The molecule has 1 aromatic rings. The van der Waals surface area contributed by atoms with Crippen LogP contribution in [-0.4, -0.2) is 22.4 Å². The number of thioether (sulfide) groups is 1. The molecule has 0 saturated heterocycles. The van der Waals surface area contributed by atoms with Crippen LogP contribution in [0.5, 0.6) is 0 Å². The van der Waals surface area contributed by atoms with E-state index in [0.29, 0.717) is 5.25 Å². The molecule has 2 N–H and O–H groups in total. The Morgan fingerprint density at radius 1 is 1.44 bits per heavy atom. The maximum absolute atomic E-state index is 13.2. The summed E-state index contributed by atoms with van der Waals surface area (Å²) in [6.07, 6.45) is 1.08. The average molecular weight is 242 g/mol. The van der Waals surface area contributed by atoms with E-state index in [2.05, 4.69) is 13.8 Å². The first kappa shape index (κ1) is 13.5. The molecule has 0 aliphatic heterocycles. The second-order valence-corrected chi connectivity index (χ2v) is 5.19. The monoisotopic (exact) mass is 242 g/mol. The van der Waals surface area contributed by atoms with Crippen LogP contribution in [0.2, 0.25) is 0 Å². The lowest BCUT2D eigenvalue weighted by atomic mass is 9.79. The van der Waals surface area contributed by atoms with Gasteiger partial charge in [-0.05, 0) is 18.1 Å². The summed E-state index contributed by atoms with van der Waals surface area (Å²) in [5.74, 6) is 0.182. The van der Waals surface area contributed by atoms with Crippen LogP contribution in [0.25, 0.3) is 0 Å². The van der Waals surface area contributed by atoms with Gasteiger partial charge < -0.3 is 10.0 Å². The molecule has 0 aliphatic rings. The zero-order valence-corrected chi connectivity index (χ0v) is 10.3. The minimum Gasteiger partial charge on any atom is -0.423 e. The van der Waals surface area contributed by atoms with Gasteiger partial charge in [0.25, 0.3) is 0 Å². The Hall–Kier alpha value is -0.515. The summed E-state index contributed by atoms with van der Waals surface area (Å²) in [6.45, 7) is 4.25. The van der Waals surface area contributed by atoms with Gasteiger partial charge in [0.2, 0.25) is 0 Å². The molecular formula is C11H16BFO2S. The SMILES string of the molecule is CCC(C)SCc1ccc(F)c(B(O)O)c1. The van der Waals surface area contributed by atoms with Crippen LogP contribution in [-0.2, 0) is 5.75 Å². The summed E-state index contributed by atoms with van der Waals surface area (Å²) < 4.78 is 13.2. The molecule has 0 spiro atoms. The van der Waals surface area contributed by atoms with Gasteiger partial charge in [0.1, 0.15) is 5.82 Å². The molecule has 1 atom stereocenters. The fourth-order valence-corrected chi connectivity index (χ4v) is 2.13. The summed E-state index contributed by atoms with van der Waals surface area (Å²) in [5.41, 5.74) is 0.858. The van der Waals surface area contributed by atoms with E-state index >= 15 is 0 Å². The van der Waals surface area contributed by atoms with Gasteiger partial charge in [-0.15, -0.1) is 0 Å². The van der Waals surface area contributed by atoms with Crippen molar-refractivity contribution in [2.75, 3.05) is 0 Å². The van der Waals surface area contributed by atoms with Gasteiger partial charge in [-0.1, -0.05) is 26.0 Å². The van der Waals surface area contributed by atoms with Crippen LogP contribution in [0, 0.1) is 5.82 Å². The Balaban J connectivity index is 2.71. The summed E-state index contributed by atoms with van der Waals surface area (Å²) in [4.78, 5) is 0. The van der Waals surface area contributed by atoms with E-state index in [4.69, 9.17) is 10.0 Å². The highest BCUT2D eigenvalue weighted by molar-refractivity contribution is 7.99. The zero-order valence-electron chi connectivity index (χ0n) is 9.48. The van der Waals surface area contributed by atoms with Gasteiger partial charge in [-0.25, -0.2) is 4.39 Å². The summed E-state index contributed by atoms with van der Waals surface area (Å²) in [6, 6.07) is 4.47. The molecule has 0 bridgehead atoms. The van der Waals surface area contributed by atoms with Gasteiger partial charge in [0.05, 0.1) is 0 Å². The smallest absolute Gasteiger partial charge is 0.423 e. The summed E-state index contributed by atoms with van der Waals surface area (Å²) in [5, 5.41) is 18.5. The van der Waals surface area contributed by atoms with Crippen LogP contribution in [0.15, 0.2) is 18.2 Å². The van der Waals surface area contributed by atoms with Crippen molar-refractivity contribution in [3.63, 3.8) is 0 Å². The molecule has 1 aromatic carbocycles. The third kappa shape index (κ3) is 3.81. The first-order chi connectivity index (χ1) is 7.54. The molecule has 1 rings (SSSR count). The lowest BCUT2D eigenvalue weighted by Gasteiger charge is -2.09. The van der Waals surface area contributed by atoms with E-state index in [1.807, 2.05) is 0 Å². The number of halogens is 1. The van der Waals surface area contributed by atoms with Crippen molar-refractivity contribution in [3.05, 3.63) is 29.6 Å². The van der Waals surface area contributed by atoms with E-state index in [1.54, 1.807) is 17.8 Å². The minimum atomic E-state index is -1.74. The second-order valence-electron chi connectivity index (χ2n) is 3.76. The van der Waals surface area contributed by atoms with Crippen LogP contribution in [0.4, 0.5) is 4.39 Å². The predicted octanol–water partition coefficient (Wildman–Crippen LogP) is 1.54. The molecule has 0 radical (unpaired) electrons. The fraction of sp³-hybridized carbons (Fsp3) is 0.455. The molecule has 16 heavy (non-hydrogen) atoms. The van der Waals surface area contributed by atoms with Crippen LogP contribution in [0.3, 0.4) is 0 Å². The van der Waals surface area contributed by atoms with E-state index < -0.39 is 12.9 Å². The van der Waals surface area contributed by atoms with Crippen LogP contribution >= 0.6 is 11.8 Å². The second kappa shape index (κ2) is 6.28. The normalized spacial score (nSPS) is 12.6. The maximum Gasteiger partial charge on any atom is 0.491 e. The molecular weight excluding hydrogens is 226 g/mol. The number of benzene rings is 1. The first-order valence-electron chi connectivity index (χ1n) is 5.30. The number of rotatable bonds is 5. The molecule has 88 valence electrons. The molecule has 0 aromatic heterocycles. The van der Waals surface area contributed by atoms with Crippen molar-refractivity contribution in [2.45, 2.75) is 31.3 Å². The van der Waals surface area contributed by atoms with E-state index in [9.17, 15) is 4.39 Å². The van der Waals surface area contributed by atoms with Crippen molar-refractivity contribution in [1.82, 2.24) is 0 Å². The van der Waals surface area contributed by atoms with Crippen molar-refractivity contribution in [1.29, 1.82) is 0 Å². The third-order valence-electron chi connectivity index (χ3n) is 2.45. The zero-order chi connectivity index (χ0) is 12.1. The molecule has 0 amide bonds. The largest absolute Gasteiger partial charge is 0.491 e. The minimum absolute atomic E-state index is 0.0535. The van der Waals surface area contributed by atoms with Gasteiger partial charge in [0.15, 0.2) is 0 Å². The Kier molecular flexibility index (Phi) is 5.32. The summed E-state index contributed by atoms with van der Waals surface area (Å²) >= 11 is 1.77. The van der Waals surface area contributed by atoms with E-state index in [1.165, 1.54) is 12.1 Å². The molecule has 0 heterocycles. The maximum atomic E-state index is 13.2. The standard InChI is InChI=1S/C11H16BFO2S/c1-3-8(2)16-7-9-4-5-11(13)10(6-9)12(14)15/h4-6,8,14-15H,3,7H2,1-2H3. The van der Waals surface area contributed by atoms with Crippen molar-refractivity contribution >= 4 is 24.3 Å². The van der Waals surface area contributed by atoms with Gasteiger partial charge in [-0.3, -0.25) is 0 Å². The van der Waals surface area contributed by atoms with Gasteiger partial charge in [-0.2, -0.15) is 11.8 Å². The lowest BCUT2D eigenvalue weighted by Crippen LogP contribution is -2.33. The Labute approximate surface area is 100 Å². The molecule has 0 saturated carbocycles. The summed E-state index contributed by atoms with van der Waals surface area (Å²) in [7, 11) is -1.74. The van der Waals surface area contributed by atoms with Crippen molar-refractivity contribution in [2.24, 2.45) is 0 Å². The van der Waals surface area contributed by atoms with Gasteiger partial charge >= 0.3 is 7.12 Å². The van der Waals surface area contributed by atoms with Crippen LogP contribution < -0.4 is 5.46 Å². The average Bonchev–Trinajstić information content (AvgIpc) is 2.27. The molecule has 0 aliphatic carbocycles. The lowest BCUT2D eigenvalue weighted by molar-refractivity contribution is 0.423. The Morgan fingerprint density at radius 2 is 2.12 bits per heavy atom. The van der Waals surface area contributed by atoms with E-state index in [0.717, 1.165) is 17.7 Å². The highest BCUT2D eigenvalue weighted by Crippen LogP contribution is 2.19. The molecule has 2 nitrogen and oxygen atoms in total. The van der Waals surface area contributed by atoms with Crippen molar-refractivity contribution < 1.29 is 14.4 Å². The highest BCUT2D eigenvalue weighted by Gasteiger charge is 2.16.